The summed E-state index contributed by atoms with van der Waals surface area (Å²) in [5.74, 6) is -1.69. The number of benzene rings is 1. The first-order valence-corrected chi connectivity index (χ1v) is 8.16. The van der Waals surface area contributed by atoms with Crippen molar-refractivity contribution in [2.75, 3.05) is 0 Å². The van der Waals surface area contributed by atoms with Gasteiger partial charge < -0.3 is 18.8 Å². The van der Waals surface area contributed by atoms with Gasteiger partial charge >= 0.3 is 0 Å². The summed E-state index contributed by atoms with van der Waals surface area (Å²) in [5.41, 5.74) is 0.108. The molecule has 0 unspecified atom stereocenters. The van der Waals surface area contributed by atoms with Gasteiger partial charge in [0.15, 0.2) is 0 Å². The molecule has 7 heteroatoms. The zero-order chi connectivity index (χ0) is 19.0. The van der Waals surface area contributed by atoms with Crippen LogP contribution in [0.1, 0.15) is 23.1 Å². The molecule has 1 N–H and O–H groups in total. The molecule has 0 spiro atoms. The van der Waals surface area contributed by atoms with Crippen molar-refractivity contribution in [1.29, 1.82) is 0 Å². The van der Waals surface area contributed by atoms with E-state index in [1.165, 1.54) is 29.6 Å². The largest absolute Gasteiger partial charge is 0.507 e. The van der Waals surface area contributed by atoms with Crippen LogP contribution >= 0.6 is 0 Å². The van der Waals surface area contributed by atoms with E-state index < -0.39 is 29.3 Å². The molecule has 6 nitrogen and oxygen atoms in total. The summed E-state index contributed by atoms with van der Waals surface area (Å²) in [6.45, 7) is 0.0309. The van der Waals surface area contributed by atoms with Crippen molar-refractivity contribution < 1.29 is 27.9 Å². The maximum absolute atomic E-state index is 13.2. The molecule has 0 aliphatic carbocycles. The molecule has 0 saturated carbocycles. The van der Waals surface area contributed by atoms with Gasteiger partial charge in [-0.1, -0.05) is 0 Å². The molecule has 1 aliphatic rings. The second kappa shape index (κ2) is 6.60. The fraction of sp³-hybridized carbons (Fsp3) is 0.100. The molecule has 3 heterocycles. The van der Waals surface area contributed by atoms with E-state index in [1.54, 1.807) is 24.3 Å². The Bertz CT molecular complexity index is 1000. The molecule has 1 aromatic carbocycles. The standard InChI is InChI=1S/C20H14FNO5/c21-13-7-5-12(6-8-13)18(23)16-17(15-4-2-10-27-15)22(20(25)19(16)24)11-14-3-1-9-26-14/h1-10,17,23H,11H2/t17-/m1/s1. The Morgan fingerprint density at radius 3 is 2.37 bits per heavy atom. The maximum Gasteiger partial charge on any atom is 0.296 e. The third-order valence-corrected chi connectivity index (χ3v) is 4.38. The van der Waals surface area contributed by atoms with Crippen LogP contribution in [0.4, 0.5) is 4.39 Å². The second-order valence-electron chi connectivity index (χ2n) is 6.03. The van der Waals surface area contributed by atoms with Gasteiger partial charge in [-0.3, -0.25) is 9.59 Å². The van der Waals surface area contributed by atoms with Crippen molar-refractivity contribution in [3.63, 3.8) is 0 Å². The number of halogens is 1. The summed E-state index contributed by atoms with van der Waals surface area (Å²) >= 11 is 0. The first-order chi connectivity index (χ1) is 13.1. The van der Waals surface area contributed by atoms with Crippen LogP contribution in [0, 0.1) is 5.82 Å². The van der Waals surface area contributed by atoms with Gasteiger partial charge in [0, 0.05) is 5.56 Å². The summed E-state index contributed by atoms with van der Waals surface area (Å²) in [6, 6.07) is 10.7. The maximum atomic E-state index is 13.2. The Kier molecular flexibility index (Phi) is 4.12. The van der Waals surface area contributed by atoms with E-state index >= 15 is 0 Å². The van der Waals surface area contributed by atoms with Crippen LogP contribution in [0.25, 0.3) is 5.76 Å². The molecule has 4 rings (SSSR count). The molecule has 3 aromatic rings. The van der Waals surface area contributed by atoms with Crippen molar-refractivity contribution in [1.82, 2.24) is 4.90 Å². The quantitative estimate of drug-likeness (QED) is 0.432. The SMILES string of the molecule is O=C1C(=O)N(Cc2ccco2)[C@H](c2ccco2)C1=C(O)c1ccc(F)cc1. The van der Waals surface area contributed by atoms with Crippen LogP contribution in [-0.4, -0.2) is 21.7 Å². The van der Waals surface area contributed by atoms with Gasteiger partial charge in [0.05, 0.1) is 24.6 Å². The first-order valence-electron chi connectivity index (χ1n) is 8.16. The molecule has 2 aromatic heterocycles. The van der Waals surface area contributed by atoms with E-state index in [0.29, 0.717) is 11.5 Å². The average Bonchev–Trinajstić information content (AvgIpc) is 3.40. The molecule has 1 fully saturated rings. The number of Topliss-reactive ketones (excluding diaryl/α,β-unsaturated/α-hetero) is 1. The molecule has 1 amide bonds. The highest BCUT2D eigenvalue weighted by molar-refractivity contribution is 6.46. The minimum atomic E-state index is -0.921. The molecular weight excluding hydrogens is 353 g/mol. The second-order valence-corrected chi connectivity index (χ2v) is 6.03. The van der Waals surface area contributed by atoms with Crippen molar-refractivity contribution in [3.05, 3.63) is 89.5 Å². The Balaban J connectivity index is 1.83. The Hall–Kier alpha value is -3.61. The van der Waals surface area contributed by atoms with Crippen LogP contribution in [0.15, 0.2) is 75.5 Å². The third-order valence-electron chi connectivity index (χ3n) is 4.38. The van der Waals surface area contributed by atoms with Crippen LogP contribution in [0.2, 0.25) is 0 Å². The third kappa shape index (κ3) is 2.93. The normalized spacial score (nSPS) is 19.0. The lowest BCUT2D eigenvalue weighted by molar-refractivity contribution is -0.140. The fourth-order valence-corrected chi connectivity index (χ4v) is 3.12. The summed E-state index contributed by atoms with van der Waals surface area (Å²) in [7, 11) is 0. The summed E-state index contributed by atoms with van der Waals surface area (Å²) in [6.07, 6.45) is 2.88. The van der Waals surface area contributed by atoms with Gasteiger partial charge in [0.25, 0.3) is 11.7 Å². The van der Waals surface area contributed by atoms with Gasteiger partial charge in [0.2, 0.25) is 0 Å². The fourth-order valence-electron chi connectivity index (χ4n) is 3.12. The van der Waals surface area contributed by atoms with Crippen molar-refractivity contribution in [2.24, 2.45) is 0 Å². The number of carbonyl (C=O) groups is 2. The Morgan fingerprint density at radius 1 is 1.04 bits per heavy atom. The molecule has 136 valence electrons. The summed E-state index contributed by atoms with van der Waals surface area (Å²) in [4.78, 5) is 26.6. The van der Waals surface area contributed by atoms with Crippen LogP contribution in [0.3, 0.4) is 0 Å². The van der Waals surface area contributed by atoms with Crippen LogP contribution in [-0.2, 0) is 16.1 Å². The van der Waals surface area contributed by atoms with Crippen molar-refractivity contribution >= 4 is 17.4 Å². The van der Waals surface area contributed by atoms with E-state index in [9.17, 15) is 19.1 Å². The smallest absolute Gasteiger partial charge is 0.296 e. The molecule has 0 radical (unpaired) electrons. The monoisotopic (exact) mass is 367 g/mol. The van der Waals surface area contributed by atoms with E-state index in [4.69, 9.17) is 8.83 Å². The number of hydrogen-bond acceptors (Lipinski definition) is 5. The molecule has 0 bridgehead atoms. The molecular formula is C20H14FNO5. The Morgan fingerprint density at radius 2 is 1.74 bits per heavy atom. The number of nitrogens with zero attached hydrogens (tertiary/aromatic N) is 1. The number of rotatable bonds is 4. The number of amides is 1. The number of furan rings is 2. The molecule has 1 atom stereocenters. The van der Waals surface area contributed by atoms with Gasteiger partial charge in [-0.05, 0) is 48.5 Å². The first kappa shape index (κ1) is 16.8. The topological polar surface area (TPSA) is 83.9 Å². The minimum absolute atomic E-state index is 0.0309. The highest BCUT2D eigenvalue weighted by atomic mass is 19.1. The molecule has 27 heavy (non-hydrogen) atoms. The highest BCUT2D eigenvalue weighted by Crippen LogP contribution is 2.40. The van der Waals surface area contributed by atoms with Gasteiger partial charge in [-0.15, -0.1) is 0 Å². The number of aliphatic hydroxyl groups excluding tert-OH is 1. The number of ketones is 1. The van der Waals surface area contributed by atoms with Crippen molar-refractivity contribution in [3.8, 4) is 0 Å². The van der Waals surface area contributed by atoms with Gasteiger partial charge in [-0.25, -0.2) is 4.39 Å². The number of carbonyl (C=O) groups excluding carboxylic acids is 2. The van der Waals surface area contributed by atoms with E-state index in [1.807, 2.05) is 0 Å². The van der Waals surface area contributed by atoms with E-state index in [0.717, 1.165) is 12.1 Å². The lowest BCUT2D eigenvalue weighted by Gasteiger charge is -2.22. The zero-order valence-electron chi connectivity index (χ0n) is 14.0. The number of hydrogen-bond donors (Lipinski definition) is 1. The molecule has 1 saturated heterocycles. The summed E-state index contributed by atoms with van der Waals surface area (Å²) in [5, 5.41) is 10.7. The van der Waals surface area contributed by atoms with Crippen LogP contribution in [0.5, 0.6) is 0 Å². The predicted octanol–water partition coefficient (Wildman–Crippen LogP) is 3.63. The summed E-state index contributed by atoms with van der Waals surface area (Å²) < 4.78 is 23.9. The van der Waals surface area contributed by atoms with Gasteiger partial charge in [-0.2, -0.15) is 0 Å². The number of aliphatic hydroxyl groups is 1. The van der Waals surface area contributed by atoms with Crippen molar-refractivity contribution in [2.45, 2.75) is 12.6 Å². The minimum Gasteiger partial charge on any atom is -0.507 e. The highest BCUT2D eigenvalue weighted by Gasteiger charge is 2.47. The predicted molar refractivity (Wildman–Crippen MR) is 91.7 cm³/mol. The lowest BCUT2D eigenvalue weighted by Crippen LogP contribution is -2.28. The molecule has 1 aliphatic heterocycles. The van der Waals surface area contributed by atoms with Gasteiger partial charge in [0.1, 0.15) is 29.1 Å². The van der Waals surface area contributed by atoms with Crippen LogP contribution < -0.4 is 0 Å². The lowest BCUT2D eigenvalue weighted by atomic mass is 9.99. The zero-order valence-corrected chi connectivity index (χ0v) is 14.0. The Labute approximate surface area is 153 Å². The van der Waals surface area contributed by atoms with E-state index in [2.05, 4.69) is 0 Å². The number of likely N-dealkylation sites (tertiary alicyclic amines) is 1. The van der Waals surface area contributed by atoms with E-state index in [-0.39, 0.29) is 17.7 Å². The average molecular weight is 367 g/mol.